The van der Waals surface area contributed by atoms with Gasteiger partial charge in [0.15, 0.2) is 6.61 Å². The summed E-state index contributed by atoms with van der Waals surface area (Å²) in [5.74, 6) is 0.956. The van der Waals surface area contributed by atoms with Crippen LogP contribution in [0.15, 0.2) is 48.5 Å². The average Bonchev–Trinajstić information content (AvgIpc) is 2.52. The molecule has 0 heterocycles. The lowest BCUT2D eigenvalue weighted by Crippen LogP contribution is -2.20. The first kappa shape index (κ1) is 15.9. The van der Waals surface area contributed by atoms with Crippen molar-refractivity contribution in [1.29, 1.82) is 0 Å². The van der Waals surface area contributed by atoms with Crippen LogP contribution in [0.2, 0.25) is 0 Å². The van der Waals surface area contributed by atoms with Gasteiger partial charge in [-0.1, -0.05) is 38.1 Å². The number of carbonyl (C=O) groups excluding carboxylic acids is 1. The summed E-state index contributed by atoms with van der Waals surface area (Å²) in [5, 5.41) is 2.77. The molecule has 0 fully saturated rings. The molecule has 22 heavy (non-hydrogen) atoms. The Bertz CT molecular complexity index is 640. The SMILES string of the molecule is CCC(C)c1ccccc1OCC(=O)Nc1cccc(N)c1. The van der Waals surface area contributed by atoms with Crippen LogP contribution in [0.1, 0.15) is 31.7 Å². The van der Waals surface area contributed by atoms with E-state index in [1.165, 1.54) is 0 Å². The van der Waals surface area contributed by atoms with Crippen molar-refractivity contribution in [2.24, 2.45) is 0 Å². The van der Waals surface area contributed by atoms with Crippen LogP contribution < -0.4 is 15.8 Å². The highest BCUT2D eigenvalue weighted by molar-refractivity contribution is 5.92. The van der Waals surface area contributed by atoms with Crippen molar-refractivity contribution < 1.29 is 9.53 Å². The number of anilines is 2. The molecule has 1 amide bonds. The number of hydrogen-bond donors (Lipinski definition) is 2. The smallest absolute Gasteiger partial charge is 0.262 e. The van der Waals surface area contributed by atoms with Gasteiger partial charge < -0.3 is 15.8 Å². The van der Waals surface area contributed by atoms with Crippen molar-refractivity contribution in [1.82, 2.24) is 0 Å². The van der Waals surface area contributed by atoms with Gasteiger partial charge in [-0.3, -0.25) is 4.79 Å². The number of para-hydroxylation sites is 1. The molecule has 0 aliphatic heterocycles. The summed E-state index contributed by atoms with van der Waals surface area (Å²) in [4.78, 5) is 12.0. The molecular weight excluding hydrogens is 276 g/mol. The van der Waals surface area contributed by atoms with Gasteiger partial charge in [-0.25, -0.2) is 0 Å². The summed E-state index contributed by atoms with van der Waals surface area (Å²) in [7, 11) is 0. The Morgan fingerprint density at radius 3 is 2.73 bits per heavy atom. The molecule has 4 nitrogen and oxygen atoms in total. The molecule has 0 aliphatic rings. The van der Waals surface area contributed by atoms with Gasteiger partial charge in [0, 0.05) is 11.4 Å². The Hall–Kier alpha value is -2.49. The first-order valence-corrected chi connectivity index (χ1v) is 7.47. The van der Waals surface area contributed by atoms with Crippen LogP contribution in [-0.2, 0) is 4.79 Å². The Morgan fingerprint density at radius 2 is 2.00 bits per heavy atom. The maximum atomic E-state index is 12.0. The van der Waals surface area contributed by atoms with Gasteiger partial charge in [-0.15, -0.1) is 0 Å². The van der Waals surface area contributed by atoms with Gasteiger partial charge in [0.1, 0.15) is 5.75 Å². The van der Waals surface area contributed by atoms with E-state index in [1.54, 1.807) is 24.3 Å². The van der Waals surface area contributed by atoms with E-state index in [2.05, 4.69) is 19.2 Å². The lowest BCUT2D eigenvalue weighted by molar-refractivity contribution is -0.118. The zero-order chi connectivity index (χ0) is 15.9. The third-order valence-electron chi connectivity index (χ3n) is 3.59. The number of hydrogen-bond acceptors (Lipinski definition) is 3. The second-order valence-corrected chi connectivity index (χ2v) is 5.31. The third kappa shape index (κ3) is 4.25. The molecule has 1 atom stereocenters. The molecule has 0 aliphatic carbocycles. The van der Waals surface area contributed by atoms with Gasteiger partial charge in [0.05, 0.1) is 0 Å². The molecule has 0 bridgehead atoms. The van der Waals surface area contributed by atoms with Crippen LogP contribution in [-0.4, -0.2) is 12.5 Å². The molecule has 4 heteroatoms. The van der Waals surface area contributed by atoms with Crippen LogP contribution in [0.5, 0.6) is 5.75 Å². The van der Waals surface area contributed by atoms with Crippen molar-refractivity contribution in [2.45, 2.75) is 26.2 Å². The number of carbonyl (C=O) groups is 1. The number of amides is 1. The van der Waals surface area contributed by atoms with Crippen molar-refractivity contribution in [3.63, 3.8) is 0 Å². The van der Waals surface area contributed by atoms with Gasteiger partial charge in [-0.05, 0) is 42.2 Å². The first-order valence-electron chi connectivity index (χ1n) is 7.47. The van der Waals surface area contributed by atoms with E-state index in [-0.39, 0.29) is 12.5 Å². The van der Waals surface area contributed by atoms with E-state index in [9.17, 15) is 4.79 Å². The topological polar surface area (TPSA) is 64.3 Å². The largest absolute Gasteiger partial charge is 0.483 e. The molecular formula is C18H22N2O2. The van der Waals surface area contributed by atoms with Crippen molar-refractivity contribution in [3.8, 4) is 5.75 Å². The minimum absolute atomic E-state index is 0.0255. The van der Waals surface area contributed by atoms with Crippen LogP contribution in [0.25, 0.3) is 0 Å². The molecule has 2 rings (SSSR count). The minimum atomic E-state index is -0.204. The molecule has 3 N–H and O–H groups in total. The summed E-state index contributed by atoms with van der Waals surface area (Å²) in [6.45, 7) is 4.26. The zero-order valence-corrected chi connectivity index (χ0v) is 13.0. The highest BCUT2D eigenvalue weighted by Crippen LogP contribution is 2.28. The number of nitrogens with two attached hydrogens (primary N) is 1. The Kier molecular flexibility index (Phi) is 5.42. The van der Waals surface area contributed by atoms with Gasteiger partial charge >= 0.3 is 0 Å². The van der Waals surface area contributed by atoms with Gasteiger partial charge in [0.2, 0.25) is 0 Å². The number of nitrogens with one attached hydrogen (secondary N) is 1. The van der Waals surface area contributed by atoms with Crippen LogP contribution in [0.3, 0.4) is 0 Å². The number of benzene rings is 2. The van der Waals surface area contributed by atoms with Gasteiger partial charge in [0.25, 0.3) is 5.91 Å². The number of rotatable bonds is 6. The lowest BCUT2D eigenvalue weighted by Gasteiger charge is -2.15. The third-order valence-corrected chi connectivity index (χ3v) is 3.59. The van der Waals surface area contributed by atoms with E-state index in [0.29, 0.717) is 17.3 Å². The van der Waals surface area contributed by atoms with Crippen LogP contribution in [0.4, 0.5) is 11.4 Å². The number of nitrogen functional groups attached to an aromatic ring is 1. The second kappa shape index (κ2) is 7.50. The molecule has 0 saturated heterocycles. The molecule has 2 aromatic rings. The monoisotopic (exact) mass is 298 g/mol. The summed E-state index contributed by atoms with van der Waals surface area (Å²) < 4.78 is 5.68. The molecule has 0 spiro atoms. The Labute approximate surface area is 131 Å². The molecule has 0 radical (unpaired) electrons. The molecule has 0 saturated carbocycles. The normalized spacial score (nSPS) is 11.7. The fourth-order valence-corrected chi connectivity index (χ4v) is 2.20. The Morgan fingerprint density at radius 1 is 1.23 bits per heavy atom. The Balaban J connectivity index is 1.97. The molecule has 0 aromatic heterocycles. The zero-order valence-electron chi connectivity index (χ0n) is 13.0. The summed E-state index contributed by atoms with van der Waals surface area (Å²) in [6, 6.07) is 14.9. The number of ether oxygens (including phenoxy) is 1. The van der Waals surface area contributed by atoms with Crippen molar-refractivity contribution in [2.75, 3.05) is 17.7 Å². The molecule has 2 aromatic carbocycles. The summed E-state index contributed by atoms with van der Waals surface area (Å²) >= 11 is 0. The second-order valence-electron chi connectivity index (χ2n) is 5.31. The summed E-state index contributed by atoms with van der Waals surface area (Å²) in [6.07, 6.45) is 1.02. The fourth-order valence-electron chi connectivity index (χ4n) is 2.20. The standard InChI is InChI=1S/C18H22N2O2/c1-3-13(2)16-9-4-5-10-17(16)22-12-18(21)20-15-8-6-7-14(19)11-15/h4-11,13H,3,12,19H2,1-2H3,(H,20,21). The van der Waals surface area contributed by atoms with Crippen molar-refractivity contribution >= 4 is 17.3 Å². The summed E-state index contributed by atoms with van der Waals surface area (Å²) in [5.41, 5.74) is 8.09. The fraction of sp³-hybridized carbons (Fsp3) is 0.278. The minimum Gasteiger partial charge on any atom is -0.483 e. The van der Waals surface area contributed by atoms with Crippen LogP contribution in [0, 0.1) is 0 Å². The van der Waals surface area contributed by atoms with E-state index < -0.39 is 0 Å². The molecule has 116 valence electrons. The lowest BCUT2D eigenvalue weighted by atomic mass is 9.98. The average molecular weight is 298 g/mol. The maximum absolute atomic E-state index is 12.0. The molecule has 1 unspecified atom stereocenters. The van der Waals surface area contributed by atoms with E-state index in [1.807, 2.05) is 24.3 Å². The maximum Gasteiger partial charge on any atom is 0.262 e. The van der Waals surface area contributed by atoms with E-state index >= 15 is 0 Å². The van der Waals surface area contributed by atoms with E-state index in [0.717, 1.165) is 17.7 Å². The predicted octanol–water partition coefficient (Wildman–Crippen LogP) is 3.80. The predicted molar refractivity (Wildman–Crippen MR) is 90.1 cm³/mol. The van der Waals surface area contributed by atoms with E-state index in [4.69, 9.17) is 10.5 Å². The quantitative estimate of drug-likeness (QED) is 0.797. The first-order chi connectivity index (χ1) is 10.6. The van der Waals surface area contributed by atoms with Crippen molar-refractivity contribution in [3.05, 3.63) is 54.1 Å². The highest BCUT2D eigenvalue weighted by atomic mass is 16.5. The highest BCUT2D eigenvalue weighted by Gasteiger charge is 2.11. The van der Waals surface area contributed by atoms with Gasteiger partial charge in [-0.2, -0.15) is 0 Å². The van der Waals surface area contributed by atoms with Crippen LogP contribution >= 0.6 is 0 Å².